The molecular formula is C25H7F7N6O3. The zero-order valence-corrected chi connectivity index (χ0v) is 19.9. The van der Waals surface area contributed by atoms with Gasteiger partial charge < -0.3 is 13.3 Å². The molecule has 0 unspecified atom stereocenters. The molecule has 0 saturated carbocycles. The number of aromatic nitrogens is 6. The molecular weight excluding hydrogens is 565 g/mol. The van der Waals surface area contributed by atoms with Crippen molar-refractivity contribution in [2.45, 2.75) is 6.92 Å². The first-order valence-electron chi connectivity index (χ1n) is 11.3. The molecule has 3 aromatic carbocycles. The fourth-order valence-electron chi connectivity index (χ4n) is 3.94. The maximum atomic E-state index is 14.3. The highest BCUT2D eigenvalue weighted by Crippen LogP contribution is 2.33. The van der Waals surface area contributed by atoms with E-state index in [2.05, 4.69) is 29.9 Å². The van der Waals surface area contributed by atoms with Crippen LogP contribution in [0.3, 0.4) is 0 Å². The average molecular weight is 572 g/mol. The Hall–Kier alpha value is -5.41. The number of halogens is 7. The lowest BCUT2D eigenvalue weighted by molar-refractivity contribution is 0.410. The topological polar surface area (TPSA) is 117 Å². The van der Waals surface area contributed by atoms with E-state index in [0.717, 1.165) is 18.2 Å². The van der Waals surface area contributed by atoms with Gasteiger partial charge in [0, 0.05) is 18.2 Å². The minimum absolute atomic E-state index is 0.0800. The molecule has 4 heterocycles. The van der Waals surface area contributed by atoms with E-state index < -0.39 is 75.3 Å². The van der Waals surface area contributed by atoms with E-state index in [9.17, 15) is 30.7 Å². The Kier molecular flexibility index (Phi) is 5.13. The molecule has 4 aromatic heterocycles. The van der Waals surface area contributed by atoms with Crippen LogP contribution in [-0.4, -0.2) is 29.9 Å². The van der Waals surface area contributed by atoms with Crippen molar-refractivity contribution in [1.82, 2.24) is 29.9 Å². The number of rotatable bonds is 3. The molecule has 0 aliphatic carbocycles. The third-order valence-electron chi connectivity index (χ3n) is 5.92. The SMILES string of the molecule is Cc1cc2oc(-c3nc(-c4nc5cc(F)c(F)cc5o4)nc(-c4nc5c(F)c(F)c(F)c(F)c5o4)n3)nc2cc1F. The van der Waals surface area contributed by atoms with Gasteiger partial charge in [-0.25, -0.2) is 41.3 Å². The maximum Gasteiger partial charge on any atom is 0.266 e. The van der Waals surface area contributed by atoms with Crippen molar-refractivity contribution in [3.05, 3.63) is 70.5 Å². The van der Waals surface area contributed by atoms with Gasteiger partial charge in [0.2, 0.25) is 29.1 Å². The molecule has 7 rings (SSSR count). The largest absolute Gasteiger partial charge is 0.434 e. The highest BCUT2D eigenvalue weighted by Gasteiger charge is 2.28. The van der Waals surface area contributed by atoms with Crippen molar-refractivity contribution >= 4 is 33.3 Å². The van der Waals surface area contributed by atoms with Crippen molar-refractivity contribution in [2.24, 2.45) is 0 Å². The Morgan fingerprint density at radius 2 is 0.976 bits per heavy atom. The molecule has 16 heteroatoms. The number of oxazole rings is 3. The van der Waals surface area contributed by atoms with Crippen molar-refractivity contribution in [1.29, 1.82) is 0 Å². The number of benzene rings is 3. The average Bonchev–Trinajstić information content (AvgIpc) is 3.68. The van der Waals surface area contributed by atoms with E-state index in [1.165, 1.54) is 13.0 Å². The molecule has 204 valence electrons. The lowest BCUT2D eigenvalue weighted by Gasteiger charge is -2.01. The fraction of sp³-hybridized carbons (Fsp3) is 0.0400. The van der Waals surface area contributed by atoms with Crippen molar-refractivity contribution in [3.8, 4) is 35.1 Å². The molecule has 41 heavy (non-hydrogen) atoms. The zero-order valence-electron chi connectivity index (χ0n) is 19.9. The molecule has 9 nitrogen and oxygen atoms in total. The van der Waals surface area contributed by atoms with Gasteiger partial charge in [-0.1, -0.05) is 0 Å². The maximum absolute atomic E-state index is 14.3. The summed E-state index contributed by atoms with van der Waals surface area (Å²) in [6, 6.07) is 3.95. The molecule has 0 N–H and O–H groups in total. The van der Waals surface area contributed by atoms with Gasteiger partial charge in [0.15, 0.2) is 45.5 Å². The third kappa shape index (κ3) is 3.78. The summed E-state index contributed by atoms with van der Waals surface area (Å²) in [6.45, 7) is 1.49. The highest BCUT2D eigenvalue weighted by atomic mass is 19.2. The van der Waals surface area contributed by atoms with E-state index in [0.29, 0.717) is 0 Å². The van der Waals surface area contributed by atoms with E-state index in [1.807, 2.05) is 0 Å². The van der Waals surface area contributed by atoms with Crippen LogP contribution < -0.4 is 0 Å². The quantitative estimate of drug-likeness (QED) is 0.132. The smallest absolute Gasteiger partial charge is 0.266 e. The van der Waals surface area contributed by atoms with Crippen LogP contribution in [0, 0.1) is 47.6 Å². The molecule has 0 amide bonds. The molecule has 0 saturated heterocycles. The minimum atomic E-state index is -2.13. The fourth-order valence-corrected chi connectivity index (χ4v) is 3.94. The zero-order chi connectivity index (χ0) is 28.7. The van der Waals surface area contributed by atoms with Crippen molar-refractivity contribution in [3.63, 3.8) is 0 Å². The molecule has 7 aromatic rings. The molecule has 0 radical (unpaired) electrons. The van der Waals surface area contributed by atoms with Crippen LogP contribution in [0.25, 0.3) is 68.4 Å². The van der Waals surface area contributed by atoms with E-state index >= 15 is 0 Å². The van der Waals surface area contributed by atoms with Crippen LogP contribution in [0.15, 0.2) is 37.5 Å². The second kappa shape index (κ2) is 8.54. The second-order valence-corrected chi connectivity index (χ2v) is 8.60. The second-order valence-electron chi connectivity index (χ2n) is 8.60. The molecule has 0 atom stereocenters. The number of aryl methyl sites for hydroxylation is 1. The standard InChI is InChI=1S/C25H7F7N6O3/c1-6-2-12-10(3-7(6)26)33-23(39-12)20-36-21(24-34-11-4-8(27)9(28)5-13(11)40-24)38-22(37-20)25-35-18-16(31)14(29)15(30)17(32)19(18)41-25/h2-5H,1H3. The summed E-state index contributed by atoms with van der Waals surface area (Å²) < 4.78 is 114. The first kappa shape index (κ1) is 24.6. The Bertz CT molecular complexity index is 2000. The van der Waals surface area contributed by atoms with Crippen LogP contribution in [-0.2, 0) is 0 Å². The lowest BCUT2D eigenvalue weighted by atomic mass is 10.2. The van der Waals surface area contributed by atoms with Crippen LogP contribution in [0.2, 0.25) is 0 Å². The molecule has 0 bridgehead atoms. The molecule has 0 fully saturated rings. The number of fused-ring (bicyclic) bond motifs is 3. The van der Waals surface area contributed by atoms with E-state index in [4.69, 9.17) is 13.3 Å². The molecule has 0 spiro atoms. The first-order chi connectivity index (χ1) is 19.6. The van der Waals surface area contributed by atoms with E-state index in [-0.39, 0.29) is 39.5 Å². The normalized spacial score (nSPS) is 11.9. The lowest BCUT2D eigenvalue weighted by Crippen LogP contribution is -2.00. The molecule has 0 aliphatic rings. The molecule has 0 aliphatic heterocycles. The van der Waals surface area contributed by atoms with Gasteiger partial charge in [-0.15, -0.1) is 0 Å². The highest BCUT2D eigenvalue weighted by molar-refractivity contribution is 5.79. The minimum Gasteiger partial charge on any atom is -0.434 e. The summed E-state index contributed by atoms with van der Waals surface area (Å²) in [5, 5.41) is 0. The Morgan fingerprint density at radius 1 is 0.488 bits per heavy atom. The number of hydrogen-bond donors (Lipinski definition) is 0. The monoisotopic (exact) mass is 572 g/mol. The third-order valence-corrected chi connectivity index (χ3v) is 5.92. The van der Waals surface area contributed by atoms with E-state index in [1.54, 1.807) is 0 Å². The number of nitrogens with zero attached hydrogens (tertiary/aromatic N) is 6. The summed E-state index contributed by atoms with van der Waals surface area (Å²) in [5.74, 6) is -13.7. The van der Waals surface area contributed by atoms with Crippen molar-refractivity contribution in [2.75, 3.05) is 0 Å². The summed E-state index contributed by atoms with van der Waals surface area (Å²) in [5.41, 5.74) is -1.90. The predicted octanol–water partition coefficient (Wildman–Crippen LogP) is 6.58. The van der Waals surface area contributed by atoms with Crippen LogP contribution in [0.4, 0.5) is 30.7 Å². The summed E-state index contributed by atoms with van der Waals surface area (Å²) in [4.78, 5) is 24.1. The van der Waals surface area contributed by atoms with Gasteiger partial charge in [0.25, 0.3) is 17.7 Å². The summed E-state index contributed by atoms with van der Waals surface area (Å²) in [7, 11) is 0. The van der Waals surface area contributed by atoms with Crippen LogP contribution in [0.1, 0.15) is 5.56 Å². The Morgan fingerprint density at radius 3 is 1.59 bits per heavy atom. The van der Waals surface area contributed by atoms with Gasteiger partial charge in [-0.3, -0.25) is 0 Å². The summed E-state index contributed by atoms with van der Waals surface area (Å²) in [6.07, 6.45) is 0. The van der Waals surface area contributed by atoms with Gasteiger partial charge in [0.1, 0.15) is 16.9 Å². The van der Waals surface area contributed by atoms with Crippen LogP contribution in [0.5, 0.6) is 0 Å². The van der Waals surface area contributed by atoms with Gasteiger partial charge in [-0.05, 0) is 18.6 Å². The van der Waals surface area contributed by atoms with Gasteiger partial charge in [-0.2, -0.15) is 19.3 Å². The number of hydrogen-bond acceptors (Lipinski definition) is 9. The van der Waals surface area contributed by atoms with Gasteiger partial charge >= 0.3 is 0 Å². The Balaban J connectivity index is 1.47. The predicted molar refractivity (Wildman–Crippen MR) is 123 cm³/mol. The van der Waals surface area contributed by atoms with Crippen molar-refractivity contribution < 1.29 is 44.0 Å². The summed E-state index contributed by atoms with van der Waals surface area (Å²) >= 11 is 0. The Labute approximate surface area is 220 Å². The first-order valence-corrected chi connectivity index (χ1v) is 11.3. The van der Waals surface area contributed by atoms with Crippen LogP contribution >= 0.6 is 0 Å². The van der Waals surface area contributed by atoms with Gasteiger partial charge in [0.05, 0.1) is 0 Å².